The number of hydrogen-bond acceptors (Lipinski definition) is 5. The molecular formula is C15H18N2O2S. The molecule has 2 aliphatic rings. The molecule has 0 bridgehead atoms. The van der Waals surface area contributed by atoms with Crippen LogP contribution in [0.1, 0.15) is 18.5 Å². The first kappa shape index (κ1) is 12.6. The molecule has 4 rings (SSSR count). The standard InChI is InChI=1S/C15H18N2O2S/c18-13-4-3-10-6-17(8-12(10)13)7-11-9-19-15(16-11)14-2-1-5-20-14/h1-2,5,9-10,12-13,18H,3-4,6-8H2. The molecule has 0 aromatic carbocycles. The normalized spacial score (nSPS) is 29.9. The van der Waals surface area contributed by atoms with Crippen molar-refractivity contribution in [1.82, 2.24) is 9.88 Å². The second-order valence-electron chi connectivity index (χ2n) is 5.88. The summed E-state index contributed by atoms with van der Waals surface area (Å²) in [5, 5.41) is 12.0. The maximum atomic E-state index is 9.95. The molecular weight excluding hydrogens is 272 g/mol. The highest BCUT2D eigenvalue weighted by Gasteiger charge is 2.41. The van der Waals surface area contributed by atoms with Crippen molar-refractivity contribution in [2.24, 2.45) is 11.8 Å². The lowest BCUT2D eigenvalue weighted by molar-refractivity contribution is 0.123. The van der Waals surface area contributed by atoms with E-state index in [1.165, 1.54) is 6.42 Å². The van der Waals surface area contributed by atoms with E-state index in [9.17, 15) is 5.11 Å². The average molecular weight is 290 g/mol. The van der Waals surface area contributed by atoms with Crippen molar-refractivity contribution in [3.63, 3.8) is 0 Å². The third-order valence-corrected chi connectivity index (χ3v) is 5.42. The molecule has 1 aliphatic carbocycles. The summed E-state index contributed by atoms with van der Waals surface area (Å²) in [7, 11) is 0. The third-order valence-electron chi connectivity index (χ3n) is 4.56. The van der Waals surface area contributed by atoms with Gasteiger partial charge in [0, 0.05) is 25.6 Å². The van der Waals surface area contributed by atoms with E-state index >= 15 is 0 Å². The zero-order chi connectivity index (χ0) is 13.5. The molecule has 1 saturated carbocycles. The summed E-state index contributed by atoms with van der Waals surface area (Å²) in [6.07, 6.45) is 3.82. The summed E-state index contributed by atoms with van der Waals surface area (Å²) < 4.78 is 5.56. The van der Waals surface area contributed by atoms with Crippen LogP contribution in [-0.4, -0.2) is 34.2 Å². The molecule has 2 fully saturated rings. The maximum Gasteiger partial charge on any atom is 0.236 e. The number of hydrogen-bond donors (Lipinski definition) is 1. The van der Waals surface area contributed by atoms with Crippen LogP contribution >= 0.6 is 11.3 Å². The number of aliphatic hydroxyl groups excluding tert-OH is 1. The van der Waals surface area contributed by atoms with Crippen molar-refractivity contribution in [2.45, 2.75) is 25.5 Å². The second-order valence-corrected chi connectivity index (χ2v) is 6.83. The molecule has 1 saturated heterocycles. The van der Waals surface area contributed by atoms with E-state index in [1.54, 1.807) is 17.6 Å². The fourth-order valence-corrected chi connectivity index (χ4v) is 4.24. The van der Waals surface area contributed by atoms with Crippen LogP contribution in [0.2, 0.25) is 0 Å². The van der Waals surface area contributed by atoms with Crippen LogP contribution in [0.25, 0.3) is 10.8 Å². The fourth-order valence-electron chi connectivity index (χ4n) is 3.58. The first-order chi connectivity index (χ1) is 9.79. The van der Waals surface area contributed by atoms with Gasteiger partial charge in [-0.3, -0.25) is 4.90 Å². The molecule has 0 amide bonds. The van der Waals surface area contributed by atoms with Crippen LogP contribution in [0.3, 0.4) is 0 Å². The fraction of sp³-hybridized carbons (Fsp3) is 0.533. The zero-order valence-electron chi connectivity index (χ0n) is 11.2. The van der Waals surface area contributed by atoms with E-state index in [2.05, 4.69) is 9.88 Å². The summed E-state index contributed by atoms with van der Waals surface area (Å²) in [5.41, 5.74) is 0.989. The van der Waals surface area contributed by atoms with Gasteiger partial charge < -0.3 is 9.52 Å². The molecule has 4 nitrogen and oxygen atoms in total. The Morgan fingerprint density at radius 1 is 1.40 bits per heavy atom. The van der Waals surface area contributed by atoms with E-state index in [-0.39, 0.29) is 6.10 Å². The molecule has 3 heterocycles. The molecule has 0 radical (unpaired) electrons. The van der Waals surface area contributed by atoms with Gasteiger partial charge in [0.05, 0.1) is 16.7 Å². The summed E-state index contributed by atoms with van der Waals surface area (Å²) in [5.74, 6) is 1.86. The van der Waals surface area contributed by atoms with Gasteiger partial charge in [-0.25, -0.2) is 4.98 Å². The number of thiophene rings is 1. The van der Waals surface area contributed by atoms with Crippen molar-refractivity contribution in [1.29, 1.82) is 0 Å². The Hall–Kier alpha value is -1.17. The minimum atomic E-state index is -0.0935. The van der Waals surface area contributed by atoms with Gasteiger partial charge in [0.25, 0.3) is 0 Å². The Morgan fingerprint density at radius 3 is 3.15 bits per heavy atom. The molecule has 1 N–H and O–H groups in total. The largest absolute Gasteiger partial charge is 0.444 e. The predicted molar refractivity (Wildman–Crippen MR) is 77.3 cm³/mol. The topological polar surface area (TPSA) is 49.5 Å². The first-order valence-corrected chi connectivity index (χ1v) is 8.06. The zero-order valence-corrected chi connectivity index (χ0v) is 12.1. The van der Waals surface area contributed by atoms with Crippen LogP contribution in [0, 0.1) is 11.8 Å². The van der Waals surface area contributed by atoms with E-state index < -0.39 is 0 Å². The van der Waals surface area contributed by atoms with Crippen LogP contribution < -0.4 is 0 Å². The molecule has 5 heteroatoms. The van der Waals surface area contributed by atoms with Gasteiger partial charge in [-0.2, -0.15) is 0 Å². The monoisotopic (exact) mass is 290 g/mol. The number of fused-ring (bicyclic) bond motifs is 1. The van der Waals surface area contributed by atoms with Crippen LogP contribution in [0.5, 0.6) is 0 Å². The highest BCUT2D eigenvalue weighted by Crippen LogP contribution is 2.38. The number of oxazole rings is 1. The van der Waals surface area contributed by atoms with Crippen molar-refractivity contribution >= 4 is 11.3 Å². The Morgan fingerprint density at radius 2 is 2.35 bits per heavy atom. The van der Waals surface area contributed by atoms with Crippen molar-refractivity contribution in [3.05, 3.63) is 29.5 Å². The smallest absolute Gasteiger partial charge is 0.236 e. The first-order valence-electron chi connectivity index (χ1n) is 7.18. The lowest BCUT2D eigenvalue weighted by Gasteiger charge is -2.16. The second kappa shape index (κ2) is 4.98. The number of likely N-dealkylation sites (tertiary alicyclic amines) is 1. The Kier molecular flexibility index (Phi) is 3.13. The minimum absolute atomic E-state index is 0.0935. The van der Waals surface area contributed by atoms with Gasteiger partial charge in [0.15, 0.2) is 0 Å². The highest BCUT2D eigenvalue weighted by atomic mass is 32.1. The van der Waals surface area contributed by atoms with Crippen molar-refractivity contribution < 1.29 is 9.52 Å². The average Bonchev–Trinajstić information content (AvgIpc) is 3.17. The van der Waals surface area contributed by atoms with Crippen molar-refractivity contribution in [3.8, 4) is 10.8 Å². The van der Waals surface area contributed by atoms with E-state index in [0.29, 0.717) is 11.8 Å². The Labute approximate surface area is 122 Å². The van der Waals surface area contributed by atoms with Gasteiger partial charge in [-0.05, 0) is 30.2 Å². The van der Waals surface area contributed by atoms with Crippen LogP contribution in [0.15, 0.2) is 28.2 Å². The lowest BCUT2D eigenvalue weighted by atomic mass is 10.00. The molecule has 20 heavy (non-hydrogen) atoms. The quantitative estimate of drug-likeness (QED) is 0.944. The molecule has 1 aliphatic heterocycles. The molecule has 2 aromatic rings. The Balaban J connectivity index is 1.43. The summed E-state index contributed by atoms with van der Waals surface area (Å²) >= 11 is 1.64. The minimum Gasteiger partial charge on any atom is -0.444 e. The lowest BCUT2D eigenvalue weighted by Crippen LogP contribution is -2.24. The third kappa shape index (κ3) is 2.20. The van der Waals surface area contributed by atoms with E-state index in [1.807, 2.05) is 17.5 Å². The van der Waals surface area contributed by atoms with Crippen LogP contribution in [0.4, 0.5) is 0 Å². The number of aliphatic hydroxyl groups is 1. The Bertz CT molecular complexity index is 580. The van der Waals surface area contributed by atoms with Gasteiger partial charge in [-0.1, -0.05) is 6.07 Å². The molecule has 2 aromatic heterocycles. The summed E-state index contributed by atoms with van der Waals surface area (Å²) in [6.45, 7) is 2.91. The van der Waals surface area contributed by atoms with Gasteiger partial charge in [0.2, 0.25) is 5.89 Å². The number of rotatable bonds is 3. The van der Waals surface area contributed by atoms with Crippen LogP contribution in [-0.2, 0) is 6.54 Å². The maximum absolute atomic E-state index is 9.95. The van der Waals surface area contributed by atoms with Gasteiger partial charge in [0.1, 0.15) is 6.26 Å². The van der Waals surface area contributed by atoms with E-state index in [0.717, 1.165) is 42.5 Å². The van der Waals surface area contributed by atoms with Crippen molar-refractivity contribution in [2.75, 3.05) is 13.1 Å². The summed E-state index contributed by atoms with van der Waals surface area (Å²) in [6, 6.07) is 4.03. The molecule has 3 unspecified atom stereocenters. The van der Waals surface area contributed by atoms with Gasteiger partial charge >= 0.3 is 0 Å². The number of nitrogens with zero attached hydrogens (tertiary/aromatic N) is 2. The highest BCUT2D eigenvalue weighted by molar-refractivity contribution is 7.13. The predicted octanol–water partition coefficient (Wildman–Crippen LogP) is 2.61. The molecule has 106 valence electrons. The summed E-state index contributed by atoms with van der Waals surface area (Å²) in [4.78, 5) is 8.04. The van der Waals surface area contributed by atoms with E-state index in [4.69, 9.17) is 4.42 Å². The van der Waals surface area contributed by atoms with Gasteiger partial charge in [-0.15, -0.1) is 11.3 Å². The molecule has 3 atom stereocenters. The number of aromatic nitrogens is 1. The SMILES string of the molecule is OC1CCC2CN(Cc3coc(-c4cccs4)n3)CC12. The molecule has 0 spiro atoms.